The molecule has 50 heavy (non-hydrogen) atoms. The predicted molar refractivity (Wildman–Crippen MR) is 188 cm³/mol. The van der Waals surface area contributed by atoms with E-state index >= 15 is 8.78 Å². The number of halogens is 2. The minimum absolute atomic E-state index is 0.0348. The van der Waals surface area contributed by atoms with Crippen LogP contribution < -0.4 is 4.74 Å². The van der Waals surface area contributed by atoms with Gasteiger partial charge in [0.15, 0.2) is 21.4 Å². The number of hydrogen-bond acceptors (Lipinski definition) is 5. The van der Waals surface area contributed by atoms with E-state index in [2.05, 4.69) is 21.9 Å². The molecule has 0 amide bonds. The van der Waals surface area contributed by atoms with E-state index in [-0.39, 0.29) is 40.8 Å². The molecule has 0 radical (unpaired) electrons. The quantitative estimate of drug-likeness (QED) is 0.173. The van der Waals surface area contributed by atoms with E-state index in [0.29, 0.717) is 55.0 Å². The van der Waals surface area contributed by atoms with Gasteiger partial charge in [0, 0.05) is 46.0 Å². The van der Waals surface area contributed by atoms with Gasteiger partial charge in [-0.3, -0.25) is 4.79 Å². The van der Waals surface area contributed by atoms with Crippen LogP contribution in [0.2, 0.25) is 0 Å². The third-order valence-electron chi connectivity index (χ3n) is 10.7. The average Bonchev–Trinajstić information content (AvgIpc) is 3.42. The number of nitrogens with one attached hydrogen (secondary N) is 2. The lowest BCUT2D eigenvalue weighted by atomic mass is 9.73. The number of carbonyl (C=O) groups is 1. The topological polar surface area (TPSA) is 125 Å². The average molecular weight is 702 g/mol. The molecule has 3 heterocycles. The van der Waals surface area contributed by atoms with Gasteiger partial charge in [-0.2, -0.15) is 0 Å². The van der Waals surface area contributed by atoms with Crippen molar-refractivity contribution in [3.8, 4) is 22.9 Å². The van der Waals surface area contributed by atoms with Crippen LogP contribution in [-0.4, -0.2) is 46.0 Å². The van der Waals surface area contributed by atoms with E-state index in [0.717, 1.165) is 16.8 Å². The molecule has 0 spiro atoms. The van der Waals surface area contributed by atoms with Gasteiger partial charge < -0.3 is 19.8 Å². The number of carboxylic acid groups (broad SMARTS) is 1. The molecule has 7 rings (SSSR count). The van der Waals surface area contributed by atoms with Gasteiger partial charge in [0.25, 0.3) is 0 Å². The Labute approximate surface area is 290 Å². The highest BCUT2D eigenvalue weighted by Gasteiger charge is 2.50. The highest BCUT2D eigenvalue weighted by molar-refractivity contribution is 7.91. The summed E-state index contributed by atoms with van der Waals surface area (Å²) in [5, 5.41) is 10.5. The zero-order valence-electron chi connectivity index (χ0n) is 28.4. The monoisotopic (exact) mass is 701 g/mol. The Morgan fingerprint density at radius 2 is 1.80 bits per heavy atom. The lowest BCUT2D eigenvalue weighted by Gasteiger charge is -2.32. The number of H-pyrrole nitrogens is 2. The van der Waals surface area contributed by atoms with Crippen molar-refractivity contribution >= 4 is 26.7 Å². The fourth-order valence-electron chi connectivity index (χ4n) is 7.57. The maximum absolute atomic E-state index is 15.6. The Kier molecular flexibility index (Phi) is 8.40. The van der Waals surface area contributed by atoms with Gasteiger partial charge in [0.2, 0.25) is 0 Å². The van der Waals surface area contributed by atoms with E-state index in [4.69, 9.17) is 4.74 Å². The number of ether oxygens (including phenoxy) is 1. The molecular formula is C39H41F2N3O5S. The maximum atomic E-state index is 15.6. The van der Waals surface area contributed by atoms with Crippen LogP contribution in [-0.2, 0) is 32.9 Å². The summed E-state index contributed by atoms with van der Waals surface area (Å²) in [6.07, 6.45) is 7.02. The largest absolute Gasteiger partial charge is 0.481 e. The first kappa shape index (κ1) is 34.0. The molecule has 2 aliphatic rings. The van der Waals surface area contributed by atoms with Crippen LogP contribution in [0.15, 0.2) is 67.0 Å². The molecule has 3 aromatic carbocycles. The van der Waals surface area contributed by atoms with E-state index < -0.39 is 43.7 Å². The van der Waals surface area contributed by atoms with E-state index in [9.17, 15) is 18.3 Å². The van der Waals surface area contributed by atoms with Crippen LogP contribution in [0.4, 0.5) is 8.78 Å². The number of carboxylic acids is 1. The number of aromatic amines is 2. The molecule has 3 N–H and O–H groups in total. The summed E-state index contributed by atoms with van der Waals surface area (Å²) in [5.41, 5.74) is 1.74. The van der Waals surface area contributed by atoms with Crippen LogP contribution in [0.3, 0.4) is 0 Å². The van der Waals surface area contributed by atoms with Crippen LogP contribution in [0.5, 0.6) is 11.5 Å². The summed E-state index contributed by atoms with van der Waals surface area (Å²) < 4.78 is 64.5. The molecule has 1 fully saturated rings. The molecular weight excluding hydrogens is 661 g/mol. The summed E-state index contributed by atoms with van der Waals surface area (Å²) in [7, 11) is -3.58. The number of benzene rings is 3. The molecule has 11 heteroatoms. The summed E-state index contributed by atoms with van der Waals surface area (Å²) in [4.78, 5) is 22.9. The number of imidazole rings is 1. The van der Waals surface area contributed by atoms with Gasteiger partial charge in [0.1, 0.15) is 17.4 Å². The van der Waals surface area contributed by atoms with Crippen LogP contribution in [0, 0.1) is 22.5 Å². The van der Waals surface area contributed by atoms with Gasteiger partial charge in [-0.05, 0) is 86.3 Å². The third-order valence-corrected chi connectivity index (χ3v) is 12.7. The first-order valence-electron chi connectivity index (χ1n) is 17.0. The van der Waals surface area contributed by atoms with Crippen molar-refractivity contribution in [1.29, 1.82) is 0 Å². The van der Waals surface area contributed by atoms with Gasteiger partial charge in [0.05, 0.1) is 22.5 Å². The van der Waals surface area contributed by atoms with Crippen molar-refractivity contribution in [3.63, 3.8) is 0 Å². The molecule has 8 nitrogen and oxygen atoms in total. The molecule has 4 bridgehead atoms. The fourth-order valence-corrected chi connectivity index (χ4v) is 9.57. The number of sulfone groups is 1. The molecule has 1 aliphatic heterocycles. The lowest BCUT2D eigenvalue weighted by molar-refractivity contribution is -0.143. The molecule has 5 aromatic rings. The van der Waals surface area contributed by atoms with Crippen molar-refractivity contribution in [2.24, 2.45) is 10.8 Å². The summed E-state index contributed by atoms with van der Waals surface area (Å²) in [5.74, 6) is -1.88. The van der Waals surface area contributed by atoms with Crippen molar-refractivity contribution in [2.45, 2.75) is 71.1 Å². The van der Waals surface area contributed by atoms with Gasteiger partial charge in [-0.1, -0.05) is 44.5 Å². The van der Waals surface area contributed by atoms with Crippen molar-refractivity contribution < 1.29 is 31.8 Å². The van der Waals surface area contributed by atoms with Crippen molar-refractivity contribution in [3.05, 3.63) is 101 Å². The lowest BCUT2D eigenvalue weighted by Crippen LogP contribution is -2.29. The number of aromatic nitrogens is 3. The second-order valence-corrected chi connectivity index (χ2v) is 17.3. The number of hydrogen-bond donors (Lipinski definition) is 3. The number of nitrogens with zero attached hydrogens (tertiary/aromatic N) is 1. The molecule has 0 saturated heterocycles. The fraction of sp³-hybridized carbons (Fsp3) is 0.385. The zero-order chi connectivity index (χ0) is 35.5. The van der Waals surface area contributed by atoms with Gasteiger partial charge in [-0.15, -0.1) is 0 Å². The summed E-state index contributed by atoms with van der Waals surface area (Å²) in [6.45, 7) is 5.98. The van der Waals surface area contributed by atoms with Crippen LogP contribution >= 0.6 is 0 Å². The first-order chi connectivity index (χ1) is 23.7. The van der Waals surface area contributed by atoms with E-state index in [1.165, 1.54) is 24.3 Å². The minimum atomic E-state index is -3.58. The highest BCUT2D eigenvalue weighted by Crippen LogP contribution is 2.49. The number of fused-ring (bicyclic) bond motifs is 8. The van der Waals surface area contributed by atoms with E-state index in [1.807, 2.05) is 38.1 Å². The van der Waals surface area contributed by atoms with E-state index in [1.54, 1.807) is 18.5 Å². The molecule has 262 valence electrons. The zero-order valence-corrected chi connectivity index (χ0v) is 29.2. The van der Waals surface area contributed by atoms with Gasteiger partial charge in [-0.25, -0.2) is 22.2 Å². The highest BCUT2D eigenvalue weighted by atomic mass is 32.2. The van der Waals surface area contributed by atoms with Crippen LogP contribution in [0.25, 0.3) is 22.3 Å². The smallest absolute Gasteiger partial charge is 0.309 e. The van der Waals surface area contributed by atoms with Crippen LogP contribution in [0.1, 0.15) is 75.3 Å². The number of rotatable bonds is 4. The Balaban J connectivity index is 1.33. The molecule has 1 aliphatic carbocycles. The number of aryl methyl sites for hydroxylation is 1. The second kappa shape index (κ2) is 12.4. The van der Waals surface area contributed by atoms with Crippen molar-refractivity contribution in [1.82, 2.24) is 15.0 Å². The Bertz CT molecular complexity index is 2220. The Hall–Kier alpha value is -4.51. The summed E-state index contributed by atoms with van der Waals surface area (Å²) >= 11 is 0. The van der Waals surface area contributed by atoms with Gasteiger partial charge >= 0.3 is 5.97 Å². The normalized spacial score (nSPS) is 21.4. The molecule has 2 aromatic heterocycles. The van der Waals surface area contributed by atoms with Crippen molar-refractivity contribution in [2.75, 3.05) is 11.5 Å². The standard InChI is InChI=1S/C39H41F2N3O5S/c1-37(2)12-5-13-38(3,25-7-4-6-24(18-25)21-39(14-15-39)36(45)46)33-22-43-35(44-33)29-19-26(8-9-30(29)40)49-34-28(11-17-50(47,48)23-37)27-10-16-42-32(27)20-31(34)41/h4,6-10,16,18-20,22,42H,5,11-15,17,21,23H2,1-3H3,(H,43,44)(H,45,46). The predicted octanol–water partition coefficient (Wildman–Crippen LogP) is 8.51. The Morgan fingerprint density at radius 3 is 2.56 bits per heavy atom. The third kappa shape index (κ3) is 6.55. The number of aliphatic carboxylic acids is 1. The summed E-state index contributed by atoms with van der Waals surface area (Å²) in [6, 6.07) is 15.1. The maximum Gasteiger partial charge on any atom is 0.309 e. The molecule has 1 saturated carbocycles. The second-order valence-electron chi connectivity index (χ2n) is 15.1. The molecule has 1 unspecified atom stereocenters. The Morgan fingerprint density at radius 1 is 1.00 bits per heavy atom. The molecule has 1 atom stereocenters. The SMILES string of the molecule is CC1(C)CCCC(C)(c2cccc(CC3(C(=O)O)CC3)c2)c2cnc([nH]2)-c2cc(ccc2F)Oc2c(F)cc3[nH]ccc3c2CCS(=O)(=O)C1. The minimum Gasteiger partial charge on any atom is -0.481 e. The first-order valence-corrected chi connectivity index (χ1v) is 18.8.